The highest BCUT2D eigenvalue weighted by molar-refractivity contribution is 7.92. The van der Waals surface area contributed by atoms with Crippen LogP contribution >= 0.6 is 11.6 Å². The van der Waals surface area contributed by atoms with E-state index in [1.54, 1.807) is 24.4 Å². The van der Waals surface area contributed by atoms with Crippen molar-refractivity contribution in [2.75, 3.05) is 62.7 Å². The summed E-state index contributed by atoms with van der Waals surface area (Å²) in [7, 11) is -0.195. The van der Waals surface area contributed by atoms with E-state index in [1.165, 1.54) is 31.6 Å². The third kappa shape index (κ3) is 6.55. The zero-order valence-electron chi connectivity index (χ0n) is 21.9. The van der Waals surface area contributed by atoms with E-state index in [0.717, 1.165) is 26.2 Å². The van der Waals surface area contributed by atoms with Gasteiger partial charge in [0.25, 0.3) is 0 Å². The fourth-order valence-corrected chi connectivity index (χ4v) is 5.53. The third-order valence-corrected chi connectivity index (χ3v) is 8.08. The van der Waals surface area contributed by atoms with Gasteiger partial charge < -0.3 is 15.0 Å². The molecule has 4 heterocycles. The molecule has 1 aliphatic rings. The molecule has 5 rings (SSSR count). The molecular formula is C26H28ClFN8O3S. The highest BCUT2D eigenvalue weighted by atomic mass is 35.5. The van der Waals surface area contributed by atoms with Gasteiger partial charge >= 0.3 is 0 Å². The number of halogens is 2. The number of sulfonamides is 1. The fourth-order valence-electron chi connectivity index (χ4n) is 4.27. The van der Waals surface area contributed by atoms with Gasteiger partial charge in [0.1, 0.15) is 23.3 Å². The maximum atomic E-state index is 13.6. The molecule has 1 aliphatic heterocycles. The van der Waals surface area contributed by atoms with Crippen molar-refractivity contribution in [2.45, 2.75) is 0 Å². The average Bonchev–Trinajstić information content (AvgIpc) is 2.94. The van der Waals surface area contributed by atoms with Crippen molar-refractivity contribution in [3.8, 4) is 17.1 Å². The molecule has 0 unspecified atom stereocenters. The van der Waals surface area contributed by atoms with Gasteiger partial charge in [-0.3, -0.25) is 9.62 Å². The number of benzene rings is 1. The van der Waals surface area contributed by atoms with E-state index in [0.29, 0.717) is 40.3 Å². The number of aromatic nitrogens is 4. The number of fused-ring (bicyclic) bond motifs is 1. The maximum absolute atomic E-state index is 13.6. The molecule has 40 heavy (non-hydrogen) atoms. The second kappa shape index (κ2) is 11.8. The number of hydrogen-bond donors (Lipinski definition) is 2. The lowest BCUT2D eigenvalue weighted by molar-refractivity contribution is 0.161. The van der Waals surface area contributed by atoms with E-state index in [-0.39, 0.29) is 22.3 Å². The van der Waals surface area contributed by atoms with Crippen LogP contribution in [0.25, 0.3) is 22.3 Å². The Labute approximate surface area is 236 Å². The van der Waals surface area contributed by atoms with Crippen LogP contribution in [0.1, 0.15) is 0 Å². The van der Waals surface area contributed by atoms with Gasteiger partial charge in [0.05, 0.1) is 29.1 Å². The normalized spacial score (nSPS) is 14.8. The van der Waals surface area contributed by atoms with Crippen molar-refractivity contribution in [1.82, 2.24) is 29.7 Å². The summed E-state index contributed by atoms with van der Waals surface area (Å²) in [5.41, 5.74) is 2.82. The zero-order chi connectivity index (χ0) is 28.3. The molecule has 210 valence electrons. The Kier molecular flexibility index (Phi) is 8.26. The van der Waals surface area contributed by atoms with Gasteiger partial charge in [-0.2, -0.15) is 0 Å². The van der Waals surface area contributed by atoms with Gasteiger partial charge in [0.15, 0.2) is 5.82 Å². The number of pyridine rings is 2. The van der Waals surface area contributed by atoms with Crippen molar-refractivity contribution in [3.63, 3.8) is 0 Å². The van der Waals surface area contributed by atoms with E-state index in [4.69, 9.17) is 21.3 Å². The highest BCUT2D eigenvalue weighted by Gasteiger charge is 2.20. The van der Waals surface area contributed by atoms with Crippen LogP contribution in [0.2, 0.25) is 5.02 Å². The Balaban J connectivity index is 1.40. The Morgan fingerprint density at radius 2 is 1.88 bits per heavy atom. The average molecular weight is 587 g/mol. The van der Waals surface area contributed by atoms with E-state index in [9.17, 15) is 12.8 Å². The van der Waals surface area contributed by atoms with Crippen LogP contribution in [0.5, 0.6) is 5.88 Å². The monoisotopic (exact) mass is 586 g/mol. The minimum Gasteiger partial charge on any atom is -0.480 e. The highest BCUT2D eigenvalue weighted by Crippen LogP contribution is 2.31. The van der Waals surface area contributed by atoms with Crippen molar-refractivity contribution >= 4 is 49.9 Å². The van der Waals surface area contributed by atoms with Crippen molar-refractivity contribution < 1.29 is 17.5 Å². The molecule has 0 aliphatic carbocycles. The molecule has 0 spiro atoms. The second-order valence-corrected chi connectivity index (χ2v) is 11.6. The number of methoxy groups -OCH3 is 1. The maximum Gasteiger partial charge on any atom is 0.238 e. The summed E-state index contributed by atoms with van der Waals surface area (Å²) in [5.74, 6) is -0.0525. The summed E-state index contributed by atoms with van der Waals surface area (Å²) < 4.78 is 47.5. The fraction of sp³-hybridized carbons (Fsp3) is 0.308. The van der Waals surface area contributed by atoms with Gasteiger partial charge in [-0.1, -0.05) is 11.6 Å². The number of anilines is 3. The molecule has 1 fully saturated rings. The minimum atomic E-state index is -3.67. The molecule has 4 aromatic rings. The number of piperazine rings is 1. The third-order valence-electron chi connectivity index (χ3n) is 6.54. The van der Waals surface area contributed by atoms with Crippen LogP contribution in [-0.4, -0.2) is 90.8 Å². The van der Waals surface area contributed by atoms with Crippen LogP contribution in [0.4, 0.5) is 21.6 Å². The minimum absolute atomic E-state index is 0.0279. The number of hydrogen-bond acceptors (Lipinski definition) is 10. The summed E-state index contributed by atoms with van der Waals surface area (Å²) >= 11 is 5.92. The lowest BCUT2D eigenvalue weighted by Crippen LogP contribution is -2.46. The molecule has 1 aromatic carbocycles. The lowest BCUT2D eigenvalue weighted by atomic mass is 10.1. The first kappa shape index (κ1) is 27.9. The second-order valence-electron chi connectivity index (χ2n) is 9.39. The Morgan fingerprint density at radius 3 is 2.62 bits per heavy atom. The predicted molar refractivity (Wildman–Crippen MR) is 153 cm³/mol. The largest absolute Gasteiger partial charge is 0.480 e. The molecule has 1 saturated heterocycles. The number of ether oxygens (including phenoxy) is 1. The van der Waals surface area contributed by atoms with E-state index >= 15 is 0 Å². The van der Waals surface area contributed by atoms with E-state index < -0.39 is 15.8 Å². The van der Waals surface area contributed by atoms with Crippen molar-refractivity contribution in [3.05, 3.63) is 59.8 Å². The molecule has 0 bridgehead atoms. The zero-order valence-corrected chi connectivity index (χ0v) is 23.5. The van der Waals surface area contributed by atoms with E-state index in [1.807, 2.05) is 0 Å². The standard InChI is InChI=1S/C26H28ClFN8O3S/c1-35-7-9-36(10-8-35)11-12-40(37,38)34-23-13-17(15-29-26(23)39-2)21-5-6-22-24(33-21)25(31-16-30-22)32-18-3-4-20(28)19(27)14-18/h3-6,13-16,34H,7-12H2,1-2H3,(H,30,31,32). The molecule has 0 saturated carbocycles. The first-order valence-corrected chi connectivity index (χ1v) is 14.5. The molecule has 11 nitrogen and oxygen atoms in total. The molecule has 0 atom stereocenters. The summed E-state index contributed by atoms with van der Waals surface area (Å²) in [6.07, 6.45) is 2.94. The predicted octanol–water partition coefficient (Wildman–Crippen LogP) is 3.62. The summed E-state index contributed by atoms with van der Waals surface area (Å²) in [6.45, 7) is 3.90. The topological polar surface area (TPSA) is 125 Å². The molecule has 3 aromatic heterocycles. The van der Waals surface area contributed by atoms with Crippen LogP contribution in [-0.2, 0) is 10.0 Å². The quantitative estimate of drug-likeness (QED) is 0.300. The van der Waals surface area contributed by atoms with Gasteiger partial charge in [-0.25, -0.2) is 32.7 Å². The lowest BCUT2D eigenvalue weighted by Gasteiger charge is -2.32. The Bertz CT molecular complexity index is 1630. The van der Waals surface area contributed by atoms with Crippen LogP contribution in [0.3, 0.4) is 0 Å². The summed E-state index contributed by atoms with van der Waals surface area (Å²) in [5, 5.41) is 3.07. The van der Waals surface area contributed by atoms with Crippen LogP contribution in [0.15, 0.2) is 48.9 Å². The first-order valence-electron chi connectivity index (χ1n) is 12.5. The number of nitrogens with zero attached hydrogens (tertiary/aromatic N) is 6. The smallest absolute Gasteiger partial charge is 0.238 e. The Morgan fingerprint density at radius 1 is 1.07 bits per heavy atom. The molecule has 0 amide bonds. The Hall–Kier alpha value is -3.65. The van der Waals surface area contributed by atoms with Gasteiger partial charge in [-0.05, 0) is 43.4 Å². The molecule has 2 N–H and O–H groups in total. The van der Waals surface area contributed by atoms with Crippen molar-refractivity contribution in [1.29, 1.82) is 0 Å². The van der Waals surface area contributed by atoms with Gasteiger partial charge in [0, 0.05) is 50.2 Å². The molecule has 14 heteroatoms. The van der Waals surface area contributed by atoms with Crippen molar-refractivity contribution in [2.24, 2.45) is 0 Å². The van der Waals surface area contributed by atoms with Crippen LogP contribution < -0.4 is 14.8 Å². The van der Waals surface area contributed by atoms with Gasteiger partial charge in [-0.15, -0.1) is 0 Å². The SMILES string of the molecule is COc1ncc(-c2ccc3ncnc(Nc4ccc(F)c(Cl)c4)c3n2)cc1NS(=O)(=O)CCN1CCN(C)CC1. The number of nitrogens with one attached hydrogen (secondary N) is 2. The molecule has 0 radical (unpaired) electrons. The summed E-state index contributed by atoms with van der Waals surface area (Å²) in [4.78, 5) is 21.9. The molecular weight excluding hydrogens is 559 g/mol. The van der Waals surface area contributed by atoms with Gasteiger partial charge in [0.2, 0.25) is 15.9 Å². The van der Waals surface area contributed by atoms with E-state index in [2.05, 4.69) is 41.8 Å². The number of rotatable bonds is 9. The number of likely N-dealkylation sites (N-methyl/N-ethyl adjacent to an activating group) is 1. The van der Waals surface area contributed by atoms with Crippen LogP contribution in [0, 0.1) is 5.82 Å². The summed E-state index contributed by atoms with van der Waals surface area (Å²) in [6, 6.07) is 9.39. The first-order chi connectivity index (χ1) is 19.2.